The maximum Gasteiger partial charge on any atom is 0.304 e. The molecule has 0 saturated heterocycles. The Morgan fingerprint density at radius 3 is 2.10 bits per heavy atom. The number of nitrogens with zero attached hydrogens (tertiary/aromatic N) is 3. The number of carbonyl (C=O) groups excluding carboxylic acids is 2. The highest BCUT2D eigenvalue weighted by Crippen LogP contribution is 2.23. The standard InChI is InChI=1S/C30H36F2N4O4S/c1-5-22(2)33-30(38)28(19-23-11-7-6-8-12-23)35(20-24-13-9-10-14-27(24)32)29(37)21-36(41(39,40)34(3)4)26-17-15-25(31)16-18-26/h6-18,22,28H,5,19-21H2,1-4H3,(H,33,38). The third-order valence-corrected chi connectivity index (χ3v) is 8.52. The van der Waals surface area contributed by atoms with Crippen molar-refractivity contribution in [2.75, 3.05) is 24.9 Å². The van der Waals surface area contributed by atoms with E-state index in [0.29, 0.717) is 6.42 Å². The van der Waals surface area contributed by atoms with Crippen LogP contribution in [-0.2, 0) is 32.8 Å². The van der Waals surface area contributed by atoms with Gasteiger partial charge in [-0.15, -0.1) is 0 Å². The molecule has 0 aliphatic carbocycles. The molecule has 0 aromatic heterocycles. The van der Waals surface area contributed by atoms with Gasteiger partial charge in [-0.2, -0.15) is 12.7 Å². The normalized spacial score (nSPS) is 13.0. The molecule has 3 aromatic carbocycles. The fourth-order valence-electron chi connectivity index (χ4n) is 4.13. The summed E-state index contributed by atoms with van der Waals surface area (Å²) in [5.74, 6) is -2.32. The minimum Gasteiger partial charge on any atom is -0.352 e. The molecule has 3 aromatic rings. The van der Waals surface area contributed by atoms with Crippen LogP contribution in [0.15, 0.2) is 78.9 Å². The Hall–Kier alpha value is -3.83. The van der Waals surface area contributed by atoms with E-state index in [0.717, 1.165) is 26.3 Å². The molecule has 2 atom stereocenters. The molecule has 0 saturated carbocycles. The summed E-state index contributed by atoms with van der Waals surface area (Å²) in [4.78, 5) is 29.0. The summed E-state index contributed by atoms with van der Waals surface area (Å²) < 4.78 is 56.9. The summed E-state index contributed by atoms with van der Waals surface area (Å²) in [6.07, 6.45) is 0.755. The Kier molecular flexibility index (Phi) is 11.0. The largest absolute Gasteiger partial charge is 0.352 e. The SMILES string of the molecule is CCC(C)NC(=O)C(Cc1ccccc1)N(Cc1ccccc1F)C(=O)CN(c1ccc(F)cc1)S(=O)(=O)N(C)C. The minimum absolute atomic E-state index is 0.0583. The second-order valence-electron chi connectivity index (χ2n) is 9.91. The predicted octanol–water partition coefficient (Wildman–Crippen LogP) is 4.13. The van der Waals surface area contributed by atoms with Gasteiger partial charge in [0.05, 0.1) is 5.69 Å². The third kappa shape index (κ3) is 8.34. The van der Waals surface area contributed by atoms with Crippen molar-refractivity contribution in [3.63, 3.8) is 0 Å². The van der Waals surface area contributed by atoms with E-state index in [9.17, 15) is 26.8 Å². The van der Waals surface area contributed by atoms with Crippen LogP contribution >= 0.6 is 0 Å². The van der Waals surface area contributed by atoms with E-state index in [1.165, 1.54) is 49.3 Å². The number of halogens is 2. The molecule has 8 nitrogen and oxygen atoms in total. The van der Waals surface area contributed by atoms with E-state index in [4.69, 9.17) is 0 Å². The van der Waals surface area contributed by atoms with E-state index < -0.39 is 46.2 Å². The van der Waals surface area contributed by atoms with Crippen LogP contribution in [0, 0.1) is 11.6 Å². The van der Waals surface area contributed by atoms with Gasteiger partial charge in [-0.05, 0) is 49.2 Å². The summed E-state index contributed by atoms with van der Waals surface area (Å²) in [7, 11) is -1.60. The molecule has 0 spiro atoms. The van der Waals surface area contributed by atoms with Crippen molar-refractivity contribution in [2.24, 2.45) is 0 Å². The number of hydrogen-bond acceptors (Lipinski definition) is 4. The molecule has 0 heterocycles. The van der Waals surface area contributed by atoms with Crippen LogP contribution in [-0.4, -0.2) is 62.2 Å². The van der Waals surface area contributed by atoms with Crippen LogP contribution in [0.5, 0.6) is 0 Å². The van der Waals surface area contributed by atoms with E-state index in [-0.39, 0.29) is 30.3 Å². The van der Waals surface area contributed by atoms with Crippen molar-refractivity contribution >= 4 is 27.7 Å². The monoisotopic (exact) mass is 586 g/mol. The van der Waals surface area contributed by atoms with E-state index in [2.05, 4.69) is 5.32 Å². The van der Waals surface area contributed by atoms with Gasteiger partial charge in [-0.3, -0.25) is 9.59 Å². The molecule has 41 heavy (non-hydrogen) atoms. The average molecular weight is 587 g/mol. The van der Waals surface area contributed by atoms with Crippen molar-refractivity contribution in [3.05, 3.63) is 102 Å². The van der Waals surface area contributed by atoms with Crippen LogP contribution in [0.25, 0.3) is 0 Å². The third-order valence-electron chi connectivity index (χ3n) is 6.70. The molecule has 0 bridgehead atoms. The van der Waals surface area contributed by atoms with Gasteiger partial charge in [0.1, 0.15) is 24.2 Å². The first-order chi connectivity index (χ1) is 19.4. The number of carbonyl (C=O) groups is 2. The van der Waals surface area contributed by atoms with Gasteiger partial charge >= 0.3 is 10.2 Å². The van der Waals surface area contributed by atoms with Crippen LogP contribution in [0.4, 0.5) is 14.5 Å². The highest BCUT2D eigenvalue weighted by Gasteiger charge is 2.35. The van der Waals surface area contributed by atoms with Gasteiger partial charge in [0, 0.05) is 38.7 Å². The van der Waals surface area contributed by atoms with Gasteiger partial charge in [0.25, 0.3) is 0 Å². The van der Waals surface area contributed by atoms with Crippen LogP contribution < -0.4 is 9.62 Å². The second kappa shape index (κ2) is 14.2. The van der Waals surface area contributed by atoms with Crippen molar-refractivity contribution < 1.29 is 26.8 Å². The first kappa shape index (κ1) is 31.7. The second-order valence-corrected chi connectivity index (χ2v) is 12.0. The number of benzene rings is 3. The van der Waals surface area contributed by atoms with Crippen molar-refractivity contribution in [3.8, 4) is 0 Å². The van der Waals surface area contributed by atoms with Crippen molar-refractivity contribution in [2.45, 2.75) is 45.3 Å². The minimum atomic E-state index is -4.22. The summed E-state index contributed by atoms with van der Waals surface area (Å²) in [6.45, 7) is 2.76. The first-order valence-electron chi connectivity index (χ1n) is 13.3. The quantitative estimate of drug-likeness (QED) is 0.326. The van der Waals surface area contributed by atoms with E-state index in [1.807, 2.05) is 44.2 Å². The summed E-state index contributed by atoms with van der Waals surface area (Å²) in [5.41, 5.74) is 0.987. The van der Waals surface area contributed by atoms with Crippen LogP contribution in [0.1, 0.15) is 31.4 Å². The molecule has 2 unspecified atom stereocenters. The molecule has 0 aliphatic rings. The molecule has 2 amide bonds. The zero-order valence-corrected chi connectivity index (χ0v) is 24.4. The first-order valence-corrected chi connectivity index (χ1v) is 14.7. The smallest absolute Gasteiger partial charge is 0.304 e. The number of anilines is 1. The maximum absolute atomic E-state index is 14.8. The summed E-state index contributed by atoms with van der Waals surface area (Å²) in [6, 6.07) is 18.4. The molecule has 0 aliphatic heterocycles. The van der Waals surface area contributed by atoms with Gasteiger partial charge in [-0.25, -0.2) is 13.1 Å². The summed E-state index contributed by atoms with van der Waals surface area (Å²) >= 11 is 0. The lowest BCUT2D eigenvalue weighted by Gasteiger charge is -2.35. The van der Waals surface area contributed by atoms with E-state index >= 15 is 0 Å². The lowest BCUT2D eigenvalue weighted by molar-refractivity contribution is -0.140. The Bertz CT molecular complexity index is 1420. The van der Waals surface area contributed by atoms with Crippen LogP contribution in [0.2, 0.25) is 0 Å². The number of rotatable bonds is 13. The number of amides is 2. The molecule has 0 fully saturated rings. The zero-order chi connectivity index (χ0) is 30.2. The lowest BCUT2D eigenvalue weighted by atomic mass is 10.0. The Balaban J connectivity index is 2.10. The molecule has 3 rings (SSSR count). The van der Waals surface area contributed by atoms with Crippen LogP contribution in [0.3, 0.4) is 0 Å². The Labute approximate surface area is 240 Å². The van der Waals surface area contributed by atoms with Gasteiger partial charge < -0.3 is 10.2 Å². The van der Waals surface area contributed by atoms with Crippen molar-refractivity contribution in [1.29, 1.82) is 0 Å². The van der Waals surface area contributed by atoms with E-state index in [1.54, 1.807) is 6.07 Å². The fraction of sp³-hybridized carbons (Fsp3) is 0.333. The van der Waals surface area contributed by atoms with Gasteiger partial charge in [0.15, 0.2) is 0 Å². The molecule has 1 N–H and O–H groups in total. The molecule has 0 radical (unpaired) electrons. The predicted molar refractivity (Wildman–Crippen MR) is 155 cm³/mol. The number of nitrogens with one attached hydrogen (secondary N) is 1. The highest BCUT2D eigenvalue weighted by atomic mass is 32.2. The molecule has 220 valence electrons. The van der Waals surface area contributed by atoms with Gasteiger partial charge in [-0.1, -0.05) is 55.5 Å². The topological polar surface area (TPSA) is 90.0 Å². The molecular weight excluding hydrogens is 550 g/mol. The fourth-order valence-corrected chi connectivity index (χ4v) is 5.19. The number of hydrogen-bond donors (Lipinski definition) is 1. The van der Waals surface area contributed by atoms with Gasteiger partial charge in [0.2, 0.25) is 11.8 Å². The lowest BCUT2D eigenvalue weighted by Crippen LogP contribution is -2.55. The maximum atomic E-state index is 14.8. The average Bonchev–Trinajstić information content (AvgIpc) is 2.95. The van der Waals surface area contributed by atoms with Crippen molar-refractivity contribution in [1.82, 2.24) is 14.5 Å². The Morgan fingerprint density at radius 2 is 1.51 bits per heavy atom. The Morgan fingerprint density at radius 1 is 0.902 bits per heavy atom. The highest BCUT2D eigenvalue weighted by molar-refractivity contribution is 7.90. The molecule has 11 heteroatoms. The molecular formula is C30H36F2N4O4S. The zero-order valence-electron chi connectivity index (χ0n) is 23.6. The summed E-state index contributed by atoms with van der Waals surface area (Å²) in [5, 5.41) is 2.92.